The monoisotopic (exact) mass is 369 g/mol. The van der Waals surface area contributed by atoms with E-state index < -0.39 is 8.07 Å². The summed E-state index contributed by atoms with van der Waals surface area (Å²) in [6.45, 7) is 6.79. The summed E-state index contributed by atoms with van der Waals surface area (Å²) < 4.78 is 2.12. The SMILES string of the molecule is C[Si](C)(C)c1sc(Sc2ccccc2)nc1C(=O)c1ccccc1. The highest BCUT2D eigenvalue weighted by molar-refractivity contribution is 8.01. The first kappa shape index (κ1) is 17.1. The largest absolute Gasteiger partial charge is 0.287 e. The maximum absolute atomic E-state index is 12.9. The fourth-order valence-electron chi connectivity index (χ4n) is 2.32. The van der Waals surface area contributed by atoms with Crippen LogP contribution in [0.3, 0.4) is 0 Å². The summed E-state index contributed by atoms with van der Waals surface area (Å²) in [6, 6.07) is 19.6. The van der Waals surface area contributed by atoms with E-state index in [4.69, 9.17) is 4.98 Å². The van der Waals surface area contributed by atoms with Crippen molar-refractivity contribution in [2.45, 2.75) is 28.9 Å². The second-order valence-corrected chi connectivity index (χ2v) is 14.2. The van der Waals surface area contributed by atoms with Crippen LogP contribution in [-0.2, 0) is 0 Å². The molecule has 0 N–H and O–H groups in total. The van der Waals surface area contributed by atoms with E-state index in [-0.39, 0.29) is 5.78 Å². The summed E-state index contributed by atoms with van der Waals surface area (Å²) in [5.74, 6) is 0.0317. The molecule has 0 fully saturated rings. The third kappa shape index (κ3) is 3.86. The van der Waals surface area contributed by atoms with Gasteiger partial charge in [-0.05, 0) is 12.1 Å². The topological polar surface area (TPSA) is 30.0 Å². The van der Waals surface area contributed by atoms with Gasteiger partial charge >= 0.3 is 0 Å². The van der Waals surface area contributed by atoms with Crippen LogP contribution in [-0.4, -0.2) is 18.8 Å². The Hall–Kier alpha value is -1.69. The fraction of sp³-hybridized carbons (Fsp3) is 0.158. The number of rotatable bonds is 5. The number of benzene rings is 2. The average molecular weight is 370 g/mol. The van der Waals surface area contributed by atoms with Gasteiger partial charge in [0.1, 0.15) is 5.69 Å². The highest BCUT2D eigenvalue weighted by Crippen LogP contribution is 2.31. The van der Waals surface area contributed by atoms with Crippen molar-refractivity contribution in [2.75, 3.05) is 0 Å². The van der Waals surface area contributed by atoms with Crippen LogP contribution in [0, 0.1) is 0 Å². The Morgan fingerprint density at radius 2 is 1.54 bits per heavy atom. The van der Waals surface area contributed by atoms with E-state index >= 15 is 0 Å². The van der Waals surface area contributed by atoms with E-state index in [0.29, 0.717) is 11.3 Å². The lowest BCUT2D eigenvalue weighted by atomic mass is 10.1. The second-order valence-electron chi connectivity index (χ2n) is 6.52. The van der Waals surface area contributed by atoms with Gasteiger partial charge in [-0.25, -0.2) is 4.98 Å². The van der Waals surface area contributed by atoms with Crippen LogP contribution in [0.4, 0.5) is 0 Å². The van der Waals surface area contributed by atoms with Crippen LogP contribution >= 0.6 is 23.1 Å². The molecule has 0 spiro atoms. The highest BCUT2D eigenvalue weighted by Gasteiger charge is 2.29. The molecule has 0 aliphatic heterocycles. The molecule has 2 aromatic carbocycles. The summed E-state index contributed by atoms with van der Waals surface area (Å²) in [5, 5.41) is 0. The molecule has 1 aromatic heterocycles. The van der Waals surface area contributed by atoms with Crippen LogP contribution in [0.15, 0.2) is 69.9 Å². The molecule has 0 aliphatic carbocycles. The number of aromatic nitrogens is 1. The molecule has 2 nitrogen and oxygen atoms in total. The molecule has 0 unspecified atom stereocenters. The summed E-state index contributed by atoms with van der Waals surface area (Å²) in [4.78, 5) is 18.8. The summed E-state index contributed by atoms with van der Waals surface area (Å²) in [6.07, 6.45) is 0. The zero-order chi connectivity index (χ0) is 17.2. The van der Waals surface area contributed by atoms with E-state index in [2.05, 4.69) is 31.8 Å². The fourth-order valence-corrected chi connectivity index (χ4v) is 6.82. The van der Waals surface area contributed by atoms with Crippen molar-refractivity contribution >= 4 is 41.5 Å². The van der Waals surface area contributed by atoms with E-state index in [9.17, 15) is 4.79 Å². The lowest BCUT2D eigenvalue weighted by Crippen LogP contribution is -2.39. The number of hydrogen-bond donors (Lipinski definition) is 0. The summed E-state index contributed by atoms with van der Waals surface area (Å²) in [7, 11) is -1.65. The summed E-state index contributed by atoms with van der Waals surface area (Å²) in [5.41, 5.74) is 1.35. The molecule has 3 aromatic rings. The Morgan fingerprint density at radius 3 is 2.12 bits per heavy atom. The minimum Gasteiger partial charge on any atom is -0.287 e. The van der Waals surface area contributed by atoms with Crippen molar-refractivity contribution in [2.24, 2.45) is 0 Å². The van der Waals surface area contributed by atoms with Gasteiger partial charge in [0.05, 0.1) is 8.07 Å². The standard InChI is InChI=1S/C19H19NOS2Si/c1-24(2,3)18-16(17(21)14-10-6-4-7-11-14)20-19(23-18)22-15-12-8-5-9-13-15/h4-13H,1-3H3. The number of carbonyl (C=O) groups is 1. The van der Waals surface area contributed by atoms with Crippen LogP contribution in [0.25, 0.3) is 0 Å². The van der Waals surface area contributed by atoms with Crippen LogP contribution in [0.1, 0.15) is 16.1 Å². The molecule has 0 amide bonds. The Labute approximate surface area is 152 Å². The van der Waals surface area contributed by atoms with Crippen LogP contribution in [0.2, 0.25) is 19.6 Å². The minimum absolute atomic E-state index is 0.0317. The number of ketones is 1. The average Bonchev–Trinajstić information content (AvgIpc) is 3.00. The van der Waals surface area contributed by atoms with Gasteiger partial charge in [-0.2, -0.15) is 0 Å². The van der Waals surface area contributed by atoms with Crippen molar-refractivity contribution in [3.63, 3.8) is 0 Å². The Kier molecular flexibility index (Phi) is 5.03. The molecule has 0 radical (unpaired) electrons. The van der Waals surface area contributed by atoms with E-state index in [0.717, 1.165) is 9.24 Å². The Balaban J connectivity index is 2.00. The van der Waals surface area contributed by atoms with Gasteiger partial charge < -0.3 is 0 Å². The zero-order valence-corrected chi connectivity index (χ0v) is 16.6. The van der Waals surface area contributed by atoms with Gasteiger partial charge in [-0.3, -0.25) is 4.79 Å². The van der Waals surface area contributed by atoms with Crippen molar-refractivity contribution in [1.82, 2.24) is 4.98 Å². The van der Waals surface area contributed by atoms with Crippen molar-refractivity contribution in [3.8, 4) is 0 Å². The number of hydrogen-bond acceptors (Lipinski definition) is 4. The maximum Gasteiger partial charge on any atom is 0.212 e. The molecule has 1 heterocycles. The lowest BCUT2D eigenvalue weighted by Gasteiger charge is -2.14. The lowest BCUT2D eigenvalue weighted by molar-refractivity contribution is 0.103. The van der Waals surface area contributed by atoms with Crippen LogP contribution in [0.5, 0.6) is 0 Å². The maximum atomic E-state index is 12.9. The molecular weight excluding hydrogens is 350 g/mol. The molecule has 5 heteroatoms. The molecule has 0 saturated heterocycles. The van der Waals surface area contributed by atoms with Gasteiger partial charge in [-0.15, -0.1) is 11.3 Å². The quantitative estimate of drug-likeness (QED) is 0.464. The summed E-state index contributed by atoms with van der Waals surface area (Å²) >= 11 is 3.31. The third-order valence-electron chi connectivity index (χ3n) is 3.49. The Bertz CT molecular complexity index is 839. The molecule has 0 saturated carbocycles. The van der Waals surface area contributed by atoms with Crippen molar-refractivity contribution in [1.29, 1.82) is 0 Å². The molecule has 0 aliphatic rings. The second kappa shape index (κ2) is 7.05. The first-order chi connectivity index (χ1) is 11.4. The molecular formula is C19H19NOS2Si. The number of carbonyl (C=O) groups excluding carboxylic acids is 1. The predicted molar refractivity (Wildman–Crippen MR) is 106 cm³/mol. The van der Waals surface area contributed by atoms with Crippen molar-refractivity contribution in [3.05, 3.63) is 71.9 Å². The first-order valence-corrected chi connectivity index (χ1v) is 12.9. The van der Waals surface area contributed by atoms with E-state index in [1.165, 1.54) is 4.50 Å². The molecule has 24 heavy (non-hydrogen) atoms. The van der Waals surface area contributed by atoms with E-state index in [1.807, 2.05) is 48.5 Å². The predicted octanol–water partition coefficient (Wildman–Crippen LogP) is 5.07. The van der Waals surface area contributed by atoms with Crippen LogP contribution < -0.4 is 4.50 Å². The molecule has 122 valence electrons. The van der Waals surface area contributed by atoms with Gasteiger partial charge in [0.15, 0.2) is 4.34 Å². The van der Waals surface area contributed by atoms with Gasteiger partial charge in [0, 0.05) is 15.0 Å². The highest BCUT2D eigenvalue weighted by atomic mass is 32.2. The minimum atomic E-state index is -1.65. The third-order valence-corrected chi connectivity index (χ3v) is 9.17. The smallest absolute Gasteiger partial charge is 0.212 e. The molecule has 3 rings (SSSR count). The van der Waals surface area contributed by atoms with E-state index in [1.54, 1.807) is 23.1 Å². The van der Waals surface area contributed by atoms with Gasteiger partial charge in [0.25, 0.3) is 0 Å². The molecule has 0 bridgehead atoms. The normalized spacial score (nSPS) is 11.5. The zero-order valence-electron chi connectivity index (χ0n) is 13.9. The molecule has 0 atom stereocenters. The van der Waals surface area contributed by atoms with Gasteiger partial charge in [0.2, 0.25) is 5.78 Å². The van der Waals surface area contributed by atoms with Crippen molar-refractivity contribution < 1.29 is 4.79 Å². The number of thiazole rings is 1. The first-order valence-electron chi connectivity index (χ1n) is 7.79. The van der Waals surface area contributed by atoms with Gasteiger partial charge in [-0.1, -0.05) is 79.9 Å². The number of nitrogens with zero attached hydrogens (tertiary/aromatic N) is 1. The Morgan fingerprint density at radius 1 is 0.958 bits per heavy atom.